The van der Waals surface area contributed by atoms with Crippen LogP contribution in [0.25, 0.3) is 0 Å². The van der Waals surface area contributed by atoms with E-state index in [2.05, 4.69) is 31.4 Å². The predicted octanol–water partition coefficient (Wildman–Crippen LogP) is 2.69. The second-order valence-corrected chi connectivity index (χ2v) is 4.27. The highest BCUT2D eigenvalue weighted by atomic mass is 79.9. The molecule has 1 heterocycles. The van der Waals surface area contributed by atoms with Crippen LogP contribution in [0.15, 0.2) is 34.9 Å². The number of nitro groups is 1. The minimum absolute atomic E-state index is 0.0488. The smallest absolute Gasteiger partial charge is 0.292 e. The van der Waals surface area contributed by atoms with Crippen molar-refractivity contribution in [1.82, 2.24) is 10.2 Å². The molecular weight excluding hydrogens is 288 g/mol. The molecule has 0 unspecified atom stereocenters. The van der Waals surface area contributed by atoms with Crippen molar-refractivity contribution in [3.63, 3.8) is 0 Å². The van der Waals surface area contributed by atoms with Crippen molar-refractivity contribution in [3.05, 3.63) is 50.7 Å². The van der Waals surface area contributed by atoms with E-state index in [4.69, 9.17) is 0 Å². The van der Waals surface area contributed by atoms with Gasteiger partial charge in [-0.1, -0.05) is 15.9 Å². The number of H-pyrrole nitrogens is 1. The van der Waals surface area contributed by atoms with Gasteiger partial charge in [0.1, 0.15) is 5.69 Å². The van der Waals surface area contributed by atoms with Crippen LogP contribution in [0.5, 0.6) is 0 Å². The Balaban J connectivity index is 2.19. The summed E-state index contributed by atoms with van der Waals surface area (Å²) < 4.78 is 0.787. The lowest BCUT2D eigenvalue weighted by molar-refractivity contribution is -0.384. The van der Waals surface area contributed by atoms with Crippen LogP contribution in [0.1, 0.15) is 5.69 Å². The zero-order valence-corrected chi connectivity index (χ0v) is 10.3. The first-order chi connectivity index (χ1) is 8.16. The van der Waals surface area contributed by atoms with Gasteiger partial charge in [-0.05, 0) is 18.2 Å². The number of hydrogen-bond donors (Lipinski definition) is 2. The van der Waals surface area contributed by atoms with Crippen molar-refractivity contribution >= 4 is 27.3 Å². The number of nitro benzene ring substituents is 1. The first kappa shape index (κ1) is 11.6. The molecule has 1 aromatic carbocycles. The molecule has 0 aliphatic rings. The van der Waals surface area contributed by atoms with Crippen LogP contribution in [-0.4, -0.2) is 15.1 Å². The highest BCUT2D eigenvalue weighted by Gasteiger charge is 2.13. The topological polar surface area (TPSA) is 83.8 Å². The van der Waals surface area contributed by atoms with Gasteiger partial charge in [0, 0.05) is 16.7 Å². The van der Waals surface area contributed by atoms with Crippen molar-refractivity contribution in [2.24, 2.45) is 0 Å². The summed E-state index contributed by atoms with van der Waals surface area (Å²) in [6.45, 7) is 0.456. The molecule has 0 aliphatic heterocycles. The van der Waals surface area contributed by atoms with E-state index in [-0.39, 0.29) is 5.69 Å². The van der Waals surface area contributed by atoms with Gasteiger partial charge in [0.25, 0.3) is 5.69 Å². The molecule has 0 atom stereocenters. The largest absolute Gasteiger partial charge is 0.374 e. The SMILES string of the molecule is O=[N+]([O-])c1ccc(Br)cc1NCc1ccn[nH]1. The molecular formula is C10H9BrN4O2. The minimum atomic E-state index is -0.415. The third kappa shape index (κ3) is 2.82. The molecule has 2 aromatic rings. The number of nitrogens with one attached hydrogen (secondary N) is 2. The molecule has 2 N–H and O–H groups in total. The van der Waals surface area contributed by atoms with Gasteiger partial charge in [0.15, 0.2) is 0 Å². The Morgan fingerprint density at radius 3 is 2.94 bits per heavy atom. The molecule has 88 valence electrons. The number of hydrogen-bond acceptors (Lipinski definition) is 4. The van der Waals surface area contributed by atoms with Gasteiger partial charge in [0.2, 0.25) is 0 Å². The van der Waals surface area contributed by atoms with Crippen LogP contribution < -0.4 is 5.32 Å². The molecule has 0 radical (unpaired) electrons. The third-order valence-electron chi connectivity index (χ3n) is 2.18. The summed E-state index contributed by atoms with van der Waals surface area (Å²) in [6, 6.07) is 6.57. The maximum Gasteiger partial charge on any atom is 0.292 e. The number of aromatic nitrogens is 2. The lowest BCUT2D eigenvalue weighted by atomic mass is 10.2. The summed E-state index contributed by atoms with van der Waals surface area (Å²) in [5.74, 6) is 0. The molecule has 0 aliphatic carbocycles. The van der Waals surface area contributed by atoms with Gasteiger partial charge >= 0.3 is 0 Å². The number of halogens is 1. The van der Waals surface area contributed by atoms with Gasteiger partial charge < -0.3 is 5.32 Å². The first-order valence-corrected chi connectivity index (χ1v) is 5.62. The molecule has 2 rings (SSSR count). The minimum Gasteiger partial charge on any atom is -0.374 e. The highest BCUT2D eigenvalue weighted by Crippen LogP contribution is 2.28. The summed E-state index contributed by atoms with van der Waals surface area (Å²) in [6.07, 6.45) is 1.63. The van der Waals surface area contributed by atoms with Crippen molar-refractivity contribution < 1.29 is 4.92 Å². The lowest BCUT2D eigenvalue weighted by Crippen LogP contribution is -2.03. The molecule has 1 aromatic heterocycles. The average Bonchev–Trinajstić information content (AvgIpc) is 2.78. The van der Waals surface area contributed by atoms with E-state index >= 15 is 0 Å². The van der Waals surface area contributed by atoms with E-state index in [0.29, 0.717) is 12.2 Å². The lowest BCUT2D eigenvalue weighted by Gasteiger charge is -2.06. The Hall–Kier alpha value is -1.89. The number of anilines is 1. The summed E-state index contributed by atoms with van der Waals surface area (Å²) in [5.41, 5.74) is 1.38. The Morgan fingerprint density at radius 1 is 1.47 bits per heavy atom. The van der Waals surface area contributed by atoms with E-state index in [1.807, 2.05) is 0 Å². The van der Waals surface area contributed by atoms with Gasteiger partial charge in [-0.25, -0.2) is 0 Å². The summed E-state index contributed by atoms with van der Waals surface area (Å²) in [7, 11) is 0. The molecule has 0 amide bonds. The fraction of sp³-hybridized carbons (Fsp3) is 0.100. The van der Waals surface area contributed by atoms with Crippen molar-refractivity contribution in [1.29, 1.82) is 0 Å². The van der Waals surface area contributed by atoms with E-state index in [9.17, 15) is 10.1 Å². The monoisotopic (exact) mass is 296 g/mol. The molecule has 17 heavy (non-hydrogen) atoms. The maximum absolute atomic E-state index is 10.8. The number of rotatable bonds is 4. The second-order valence-electron chi connectivity index (χ2n) is 3.35. The van der Waals surface area contributed by atoms with E-state index in [0.717, 1.165) is 10.2 Å². The van der Waals surface area contributed by atoms with Crippen LogP contribution in [0.2, 0.25) is 0 Å². The molecule has 0 saturated heterocycles. The molecule has 0 saturated carbocycles. The van der Waals surface area contributed by atoms with Gasteiger partial charge in [-0.3, -0.25) is 15.2 Å². The Kier molecular flexibility index (Phi) is 3.38. The van der Waals surface area contributed by atoms with Crippen molar-refractivity contribution in [2.45, 2.75) is 6.54 Å². The van der Waals surface area contributed by atoms with Crippen molar-refractivity contribution in [3.8, 4) is 0 Å². The quantitative estimate of drug-likeness (QED) is 0.671. The fourth-order valence-electron chi connectivity index (χ4n) is 1.38. The highest BCUT2D eigenvalue weighted by molar-refractivity contribution is 9.10. The molecule has 0 spiro atoms. The average molecular weight is 297 g/mol. The zero-order valence-electron chi connectivity index (χ0n) is 8.68. The molecule has 0 fully saturated rings. The normalized spacial score (nSPS) is 10.2. The van der Waals surface area contributed by atoms with Crippen LogP contribution in [0.4, 0.5) is 11.4 Å². The summed E-state index contributed by atoms with van der Waals surface area (Å²) >= 11 is 3.28. The maximum atomic E-state index is 10.8. The van der Waals surface area contributed by atoms with E-state index in [1.165, 1.54) is 6.07 Å². The van der Waals surface area contributed by atoms with E-state index < -0.39 is 4.92 Å². The number of benzene rings is 1. The number of aromatic amines is 1. The van der Waals surface area contributed by atoms with Gasteiger partial charge in [-0.2, -0.15) is 5.10 Å². The molecule has 0 bridgehead atoms. The van der Waals surface area contributed by atoms with Crippen LogP contribution in [-0.2, 0) is 6.54 Å². The third-order valence-corrected chi connectivity index (χ3v) is 2.68. The summed E-state index contributed by atoms with van der Waals surface area (Å²) in [5, 5.41) is 20.4. The van der Waals surface area contributed by atoms with Crippen molar-refractivity contribution in [2.75, 3.05) is 5.32 Å². The Labute approximate surface area is 105 Å². The van der Waals surface area contributed by atoms with Gasteiger partial charge in [-0.15, -0.1) is 0 Å². The first-order valence-electron chi connectivity index (χ1n) is 4.83. The zero-order chi connectivity index (χ0) is 12.3. The van der Waals surface area contributed by atoms with Gasteiger partial charge in [0.05, 0.1) is 17.2 Å². The van der Waals surface area contributed by atoms with Crippen LogP contribution in [0, 0.1) is 10.1 Å². The summed E-state index contributed by atoms with van der Waals surface area (Å²) in [4.78, 5) is 10.4. The van der Waals surface area contributed by atoms with E-state index in [1.54, 1.807) is 24.4 Å². The van der Waals surface area contributed by atoms with Crippen LogP contribution in [0.3, 0.4) is 0 Å². The van der Waals surface area contributed by atoms with Crippen LogP contribution >= 0.6 is 15.9 Å². The second kappa shape index (κ2) is 4.96. The molecule has 6 nitrogen and oxygen atoms in total. The Morgan fingerprint density at radius 2 is 2.29 bits per heavy atom. The predicted molar refractivity (Wildman–Crippen MR) is 66.7 cm³/mol. The standard InChI is InChI=1S/C10H9BrN4O2/c11-7-1-2-10(15(16)17)9(5-7)12-6-8-3-4-13-14-8/h1-5,12H,6H2,(H,13,14). The number of nitrogens with zero attached hydrogens (tertiary/aromatic N) is 2. The Bertz CT molecular complexity index is 527. The fourth-order valence-corrected chi connectivity index (χ4v) is 1.74. The molecule has 7 heteroatoms.